The summed E-state index contributed by atoms with van der Waals surface area (Å²) >= 11 is 11.8. The van der Waals surface area contributed by atoms with Crippen LogP contribution in [0.1, 0.15) is 19.3 Å². The molecule has 1 aliphatic rings. The van der Waals surface area contributed by atoms with E-state index in [2.05, 4.69) is 10.6 Å². The van der Waals surface area contributed by atoms with Crippen molar-refractivity contribution >= 4 is 34.9 Å². The molecule has 0 atom stereocenters. The average Bonchev–Trinajstić information content (AvgIpc) is 3.22. The SMILES string of the molecule is O=C(NCCCOCC1CC1)Nc1cc(Cl)ccc1Cl. The van der Waals surface area contributed by atoms with Crippen LogP contribution in [0.2, 0.25) is 10.0 Å². The van der Waals surface area contributed by atoms with Crippen molar-refractivity contribution in [1.29, 1.82) is 0 Å². The molecule has 20 heavy (non-hydrogen) atoms. The summed E-state index contributed by atoms with van der Waals surface area (Å²) in [6.07, 6.45) is 3.38. The maximum absolute atomic E-state index is 11.7. The third-order valence-electron chi connectivity index (χ3n) is 2.98. The highest BCUT2D eigenvalue weighted by molar-refractivity contribution is 6.35. The van der Waals surface area contributed by atoms with Crippen molar-refractivity contribution in [2.24, 2.45) is 5.92 Å². The van der Waals surface area contributed by atoms with Crippen LogP contribution in [-0.2, 0) is 4.74 Å². The molecule has 1 aromatic rings. The lowest BCUT2D eigenvalue weighted by atomic mass is 10.3. The Hall–Kier alpha value is -0.970. The quantitative estimate of drug-likeness (QED) is 0.749. The van der Waals surface area contributed by atoms with Gasteiger partial charge in [-0.3, -0.25) is 0 Å². The van der Waals surface area contributed by atoms with E-state index in [1.54, 1.807) is 18.2 Å². The lowest BCUT2D eigenvalue weighted by Crippen LogP contribution is -2.30. The Morgan fingerprint density at radius 1 is 1.35 bits per heavy atom. The predicted molar refractivity (Wildman–Crippen MR) is 81.6 cm³/mol. The summed E-state index contributed by atoms with van der Waals surface area (Å²) in [4.78, 5) is 11.7. The maximum atomic E-state index is 11.7. The number of hydrogen-bond acceptors (Lipinski definition) is 2. The summed E-state index contributed by atoms with van der Waals surface area (Å²) in [5.74, 6) is 0.774. The van der Waals surface area contributed by atoms with Crippen molar-refractivity contribution in [2.75, 3.05) is 25.1 Å². The van der Waals surface area contributed by atoms with E-state index in [1.165, 1.54) is 12.8 Å². The summed E-state index contributed by atoms with van der Waals surface area (Å²) in [7, 11) is 0. The molecule has 0 heterocycles. The molecule has 1 aliphatic carbocycles. The number of nitrogens with one attached hydrogen (secondary N) is 2. The second-order valence-corrected chi connectivity index (χ2v) is 5.72. The van der Waals surface area contributed by atoms with Crippen LogP contribution in [-0.4, -0.2) is 25.8 Å². The molecule has 0 bridgehead atoms. The Morgan fingerprint density at radius 2 is 2.15 bits per heavy atom. The van der Waals surface area contributed by atoms with Crippen LogP contribution in [0, 0.1) is 5.92 Å². The Kier molecular flexibility index (Phi) is 5.95. The van der Waals surface area contributed by atoms with Gasteiger partial charge in [-0.25, -0.2) is 4.79 Å². The normalized spacial score (nSPS) is 14.1. The number of anilines is 1. The third kappa shape index (κ3) is 5.57. The third-order valence-corrected chi connectivity index (χ3v) is 3.54. The standard InChI is InChI=1S/C14H18Cl2N2O2/c15-11-4-5-12(16)13(8-11)18-14(19)17-6-1-7-20-9-10-2-3-10/h4-5,8,10H,1-3,6-7,9H2,(H2,17,18,19). The average molecular weight is 317 g/mol. The molecular weight excluding hydrogens is 299 g/mol. The molecule has 0 saturated heterocycles. The van der Waals surface area contributed by atoms with Crippen molar-refractivity contribution in [3.63, 3.8) is 0 Å². The van der Waals surface area contributed by atoms with Crippen LogP contribution in [0.5, 0.6) is 0 Å². The van der Waals surface area contributed by atoms with Crippen LogP contribution in [0.15, 0.2) is 18.2 Å². The molecule has 0 radical (unpaired) electrons. The molecule has 0 aromatic heterocycles. The Balaban J connectivity index is 1.60. The molecule has 0 spiro atoms. The number of carbonyl (C=O) groups excluding carboxylic acids is 1. The van der Waals surface area contributed by atoms with Crippen LogP contribution >= 0.6 is 23.2 Å². The van der Waals surface area contributed by atoms with Crippen molar-refractivity contribution < 1.29 is 9.53 Å². The Morgan fingerprint density at radius 3 is 2.90 bits per heavy atom. The highest BCUT2D eigenvalue weighted by Gasteiger charge is 2.20. The first kappa shape index (κ1) is 15.4. The van der Waals surface area contributed by atoms with Crippen molar-refractivity contribution in [3.8, 4) is 0 Å². The minimum atomic E-state index is -0.295. The van der Waals surface area contributed by atoms with Gasteiger partial charge in [-0.05, 0) is 43.4 Å². The molecule has 2 amide bonds. The van der Waals surface area contributed by atoms with E-state index in [0.717, 1.165) is 18.9 Å². The van der Waals surface area contributed by atoms with Gasteiger partial charge in [0.15, 0.2) is 0 Å². The van der Waals surface area contributed by atoms with Gasteiger partial charge in [-0.1, -0.05) is 23.2 Å². The lowest BCUT2D eigenvalue weighted by molar-refractivity contribution is 0.122. The van der Waals surface area contributed by atoms with Crippen LogP contribution < -0.4 is 10.6 Å². The zero-order valence-corrected chi connectivity index (χ0v) is 12.6. The fraction of sp³-hybridized carbons (Fsp3) is 0.500. The summed E-state index contributed by atoms with van der Waals surface area (Å²) in [5, 5.41) is 6.39. The largest absolute Gasteiger partial charge is 0.381 e. The van der Waals surface area contributed by atoms with E-state index >= 15 is 0 Å². The van der Waals surface area contributed by atoms with Crippen molar-refractivity contribution in [3.05, 3.63) is 28.2 Å². The van der Waals surface area contributed by atoms with E-state index in [1.807, 2.05) is 0 Å². The molecule has 0 aliphatic heterocycles. The zero-order chi connectivity index (χ0) is 14.4. The number of benzene rings is 1. The van der Waals surface area contributed by atoms with E-state index in [9.17, 15) is 4.79 Å². The number of ether oxygens (including phenoxy) is 1. The molecule has 0 unspecified atom stereocenters. The van der Waals surface area contributed by atoms with Gasteiger partial charge in [0.1, 0.15) is 0 Å². The summed E-state index contributed by atoms with van der Waals surface area (Å²) in [6.45, 7) is 2.09. The zero-order valence-electron chi connectivity index (χ0n) is 11.1. The monoisotopic (exact) mass is 316 g/mol. The number of carbonyl (C=O) groups is 1. The van der Waals surface area contributed by atoms with E-state index < -0.39 is 0 Å². The summed E-state index contributed by atoms with van der Waals surface area (Å²) in [6, 6.07) is 4.63. The number of halogens is 2. The van der Waals surface area contributed by atoms with Crippen molar-refractivity contribution in [2.45, 2.75) is 19.3 Å². The van der Waals surface area contributed by atoms with Gasteiger partial charge in [0, 0.05) is 24.8 Å². The molecule has 1 fully saturated rings. The molecule has 1 aromatic carbocycles. The maximum Gasteiger partial charge on any atom is 0.319 e. The second kappa shape index (κ2) is 7.72. The van der Waals surface area contributed by atoms with Gasteiger partial charge in [-0.15, -0.1) is 0 Å². The van der Waals surface area contributed by atoms with Gasteiger partial charge >= 0.3 is 6.03 Å². The van der Waals surface area contributed by atoms with Crippen LogP contribution in [0.4, 0.5) is 10.5 Å². The lowest BCUT2D eigenvalue weighted by Gasteiger charge is -2.09. The first-order valence-corrected chi connectivity index (χ1v) is 7.48. The van der Waals surface area contributed by atoms with Crippen LogP contribution in [0.25, 0.3) is 0 Å². The number of urea groups is 1. The fourth-order valence-corrected chi connectivity index (χ4v) is 2.01. The molecule has 110 valence electrons. The number of amides is 2. The first-order chi connectivity index (χ1) is 9.65. The van der Waals surface area contributed by atoms with E-state index in [4.69, 9.17) is 27.9 Å². The fourth-order valence-electron chi connectivity index (χ4n) is 1.67. The van der Waals surface area contributed by atoms with E-state index in [-0.39, 0.29) is 6.03 Å². The summed E-state index contributed by atoms with van der Waals surface area (Å²) < 4.78 is 5.48. The molecule has 1 saturated carbocycles. The smallest absolute Gasteiger partial charge is 0.319 e. The highest BCUT2D eigenvalue weighted by atomic mass is 35.5. The predicted octanol–water partition coefficient (Wildman–Crippen LogP) is 3.93. The molecular formula is C14H18Cl2N2O2. The van der Waals surface area contributed by atoms with Gasteiger partial charge in [-0.2, -0.15) is 0 Å². The first-order valence-electron chi connectivity index (χ1n) is 6.73. The summed E-state index contributed by atoms with van der Waals surface area (Å²) in [5.41, 5.74) is 0.502. The van der Waals surface area contributed by atoms with Crippen molar-refractivity contribution in [1.82, 2.24) is 5.32 Å². The van der Waals surface area contributed by atoms with Crippen LogP contribution in [0.3, 0.4) is 0 Å². The Bertz CT molecular complexity index is 464. The van der Waals surface area contributed by atoms with Gasteiger partial charge in [0.05, 0.1) is 10.7 Å². The van der Waals surface area contributed by atoms with Gasteiger partial charge in [0.25, 0.3) is 0 Å². The topological polar surface area (TPSA) is 50.4 Å². The minimum Gasteiger partial charge on any atom is -0.381 e. The number of rotatable bonds is 7. The molecule has 6 heteroatoms. The second-order valence-electron chi connectivity index (χ2n) is 4.88. The Labute approximate surface area is 128 Å². The minimum absolute atomic E-state index is 0.295. The number of hydrogen-bond donors (Lipinski definition) is 2. The van der Waals surface area contributed by atoms with Gasteiger partial charge in [0.2, 0.25) is 0 Å². The molecule has 2 N–H and O–H groups in total. The van der Waals surface area contributed by atoms with E-state index in [0.29, 0.717) is 28.9 Å². The highest BCUT2D eigenvalue weighted by Crippen LogP contribution is 2.28. The molecule has 2 rings (SSSR count). The van der Waals surface area contributed by atoms with Gasteiger partial charge < -0.3 is 15.4 Å². The molecule has 4 nitrogen and oxygen atoms in total.